The van der Waals surface area contributed by atoms with Gasteiger partial charge in [-0.2, -0.15) is 13.2 Å². The van der Waals surface area contributed by atoms with Gasteiger partial charge in [-0.1, -0.05) is 6.07 Å². The molecule has 6 nitrogen and oxygen atoms in total. The van der Waals surface area contributed by atoms with Gasteiger partial charge in [0.05, 0.1) is 6.61 Å². The standard InChI is InChI=1S/C13H16F3N3O3/c1-3-22-11(21)12(13(14,15)16,19-9(2)20)18-8-10-5-4-6-17-7-10/h4-7,18H,3,8H2,1-2H3,(H,19,20)/t12-/m1/s1. The van der Waals surface area contributed by atoms with E-state index in [1.54, 1.807) is 5.32 Å². The zero-order chi connectivity index (χ0) is 16.8. The summed E-state index contributed by atoms with van der Waals surface area (Å²) < 4.78 is 44.7. The predicted molar refractivity (Wildman–Crippen MR) is 70.3 cm³/mol. The third-order valence-corrected chi connectivity index (χ3v) is 2.65. The van der Waals surface area contributed by atoms with Gasteiger partial charge in [-0.15, -0.1) is 0 Å². The molecule has 0 unspecified atom stereocenters. The maximum Gasteiger partial charge on any atom is 0.436 e. The fraction of sp³-hybridized carbons (Fsp3) is 0.462. The average Bonchev–Trinajstić information content (AvgIpc) is 2.43. The maximum atomic E-state index is 13.4. The number of carbonyl (C=O) groups is 2. The van der Waals surface area contributed by atoms with Crippen molar-refractivity contribution in [2.75, 3.05) is 6.61 Å². The molecule has 1 rings (SSSR count). The third kappa shape index (κ3) is 4.17. The van der Waals surface area contributed by atoms with Crippen LogP contribution in [0.3, 0.4) is 0 Å². The SMILES string of the molecule is CCOC(=O)[C@@](NCc1cccnc1)(NC(C)=O)C(F)(F)F. The average molecular weight is 319 g/mol. The number of esters is 1. The topological polar surface area (TPSA) is 80.3 Å². The lowest BCUT2D eigenvalue weighted by atomic mass is 10.1. The van der Waals surface area contributed by atoms with E-state index in [1.807, 2.05) is 5.32 Å². The molecule has 1 atom stereocenters. The minimum atomic E-state index is -5.09. The van der Waals surface area contributed by atoms with Gasteiger partial charge < -0.3 is 10.1 Å². The Morgan fingerprint density at radius 3 is 2.50 bits per heavy atom. The lowest BCUT2D eigenvalue weighted by Gasteiger charge is -2.34. The van der Waals surface area contributed by atoms with Crippen LogP contribution in [-0.2, 0) is 20.9 Å². The summed E-state index contributed by atoms with van der Waals surface area (Å²) in [7, 11) is 0. The normalized spacial score (nSPS) is 14.0. The van der Waals surface area contributed by atoms with E-state index in [2.05, 4.69) is 9.72 Å². The number of aromatic nitrogens is 1. The van der Waals surface area contributed by atoms with Crippen molar-refractivity contribution in [1.82, 2.24) is 15.6 Å². The largest absolute Gasteiger partial charge is 0.463 e. The Balaban J connectivity index is 3.11. The summed E-state index contributed by atoms with van der Waals surface area (Å²) in [6, 6.07) is 3.06. The van der Waals surface area contributed by atoms with Crippen molar-refractivity contribution in [2.45, 2.75) is 32.2 Å². The zero-order valence-electron chi connectivity index (χ0n) is 12.0. The van der Waals surface area contributed by atoms with Gasteiger partial charge in [-0.3, -0.25) is 15.1 Å². The highest BCUT2D eigenvalue weighted by Gasteiger charge is 2.62. The molecule has 1 heterocycles. The Bertz CT molecular complexity index is 522. The second-order valence-electron chi connectivity index (χ2n) is 4.36. The Kier molecular flexibility index (Phi) is 5.86. The molecule has 2 N–H and O–H groups in total. The molecule has 1 aromatic rings. The van der Waals surface area contributed by atoms with Crippen molar-refractivity contribution in [1.29, 1.82) is 0 Å². The van der Waals surface area contributed by atoms with Crippen LogP contribution >= 0.6 is 0 Å². The molecule has 0 saturated heterocycles. The van der Waals surface area contributed by atoms with Gasteiger partial charge >= 0.3 is 12.1 Å². The molecule has 0 aliphatic rings. The first kappa shape index (κ1) is 17.9. The van der Waals surface area contributed by atoms with Crippen LogP contribution in [0.2, 0.25) is 0 Å². The number of pyridine rings is 1. The molecule has 1 aromatic heterocycles. The van der Waals surface area contributed by atoms with Crippen molar-refractivity contribution < 1.29 is 27.5 Å². The van der Waals surface area contributed by atoms with E-state index < -0.39 is 23.7 Å². The molecule has 9 heteroatoms. The van der Waals surface area contributed by atoms with Crippen LogP contribution in [0.15, 0.2) is 24.5 Å². The highest BCUT2D eigenvalue weighted by Crippen LogP contribution is 2.30. The first-order chi connectivity index (χ1) is 10.2. The van der Waals surface area contributed by atoms with Crippen LogP contribution in [0.1, 0.15) is 19.4 Å². The van der Waals surface area contributed by atoms with E-state index in [0.717, 1.165) is 6.92 Å². The number of hydrogen-bond acceptors (Lipinski definition) is 5. The van der Waals surface area contributed by atoms with E-state index in [0.29, 0.717) is 5.56 Å². The molecule has 22 heavy (non-hydrogen) atoms. The molecule has 122 valence electrons. The van der Waals surface area contributed by atoms with Crippen molar-refractivity contribution >= 4 is 11.9 Å². The molecule has 0 aliphatic carbocycles. The Morgan fingerprint density at radius 1 is 1.36 bits per heavy atom. The molecule has 0 bridgehead atoms. The minimum absolute atomic E-state index is 0.259. The highest BCUT2D eigenvalue weighted by molar-refractivity contribution is 5.87. The van der Waals surface area contributed by atoms with Crippen LogP contribution in [0, 0.1) is 0 Å². The number of hydrogen-bond donors (Lipinski definition) is 2. The summed E-state index contributed by atoms with van der Waals surface area (Å²) in [5, 5.41) is 3.65. The van der Waals surface area contributed by atoms with E-state index >= 15 is 0 Å². The number of halogens is 3. The summed E-state index contributed by atoms with van der Waals surface area (Å²) in [6.45, 7) is 1.65. The molecule has 0 spiro atoms. The number of nitrogens with zero attached hydrogens (tertiary/aromatic N) is 1. The summed E-state index contributed by atoms with van der Waals surface area (Å²) in [4.78, 5) is 26.8. The number of ether oxygens (including phenoxy) is 1. The second-order valence-corrected chi connectivity index (χ2v) is 4.36. The van der Waals surface area contributed by atoms with Gasteiger partial charge in [0.1, 0.15) is 0 Å². The zero-order valence-corrected chi connectivity index (χ0v) is 12.0. The molecule has 0 aliphatic heterocycles. The number of alkyl halides is 3. The summed E-state index contributed by atoms with van der Waals surface area (Å²) >= 11 is 0. The quantitative estimate of drug-likeness (QED) is 0.607. The van der Waals surface area contributed by atoms with Gasteiger partial charge in [0.25, 0.3) is 5.66 Å². The van der Waals surface area contributed by atoms with Crippen LogP contribution in [0.25, 0.3) is 0 Å². The lowest BCUT2D eigenvalue weighted by molar-refractivity contribution is -0.221. The molecular formula is C13H16F3N3O3. The van der Waals surface area contributed by atoms with Gasteiger partial charge in [0.2, 0.25) is 5.91 Å². The number of carbonyl (C=O) groups excluding carboxylic acids is 2. The van der Waals surface area contributed by atoms with E-state index in [9.17, 15) is 22.8 Å². The van der Waals surface area contributed by atoms with Crippen molar-refractivity contribution in [3.05, 3.63) is 30.1 Å². The van der Waals surface area contributed by atoms with E-state index in [-0.39, 0.29) is 13.2 Å². The Morgan fingerprint density at radius 2 is 2.05 bits per heavy atom. The van der Waals surface area contributed by atoms with Gasteiger partial charge in [-0.05, 0) is 18.6 Å². The molecule has 0 aromatic carbocycles. The van der Waals surface area contributed by atoms with Crippen molar-refractivity contribution in [2.24, 2.45) is 0 Å². The molecule has 1 amide bonds. The van der Waals surface area contributed by atoms with Gasteiger partial charge in [0.15, 0.2) is 0 Å². The third-order valence-electron chi connectivity index (χ3n) is 2.65. The smallest absolute Gasteiger partial charge is 0.436 e. The van der Waals surface area contributed by atoms with Gasteiger partial charge in [-0.25, -0.2) is 4.79 Å². The fourth-order valence-corrected chi connectivity index (χ4v) is 1.69. The molecule has 0 radical (unpaired) electrons. The molecule has 0 saturated carbocycles. The van der Waals surface area contributed by atoms with E-state index in [4.69, 9.17) is 0 Å². The van der Waals surface area contributed by atoms with Crippen molar-refractivity contribution in [3.63, 3.8) is 0 Å². The summed E-state index contributed by atoms with van der Waals surface area (Å²) in [5.74, 6) is -2.65. The number of rotatable bonds is 6. The van der Waals surface area contributed by atoms with E-state index in [1.165, 1.54) is 31.5 Å². The molecular weight excluding hydrogens is 303 g/mol. The fourth-order valence-electron chi connectivity index (χ4n) is 1.69. The Hall–Kier alpha value is -2.16. The first-order valence-electron chi connectivity index (χ1n) is 6.39. The second kappa shape index (κ2) is 7.21. The maximum absolute atomic E-state index is 13.4. The first-order valence-corrected chi connectivity index (χ1v) is 6.39. The minimum Gasteiger partial charge on any atom is -0.463 e. The summed E-state index contributed by atoms with van der Waals surface area (Å²) in [6.07, 6.45) is -2.29. The Labute approximate surface area is 125 Å². The van der Waals surface area contributed by atoms with Crippen LogP contribution in [-0.4, -0.2) is 35.3 Å². The van der Waals surface area contributed by atoms with Crippen LogP contribution in [0.4, 0.5) is 13.2 Å². The van der Waals surface area contributed by atoms with Crippen molar-refractivity contribution in [3.8, 4) is 0 Å². The summed E-state index contributed by atoms with van der Waals surface area (Å²) in [5.41, 5.74) is -2.91. The van der Waals surface area contributed by atoms with Gasteiger partial charge in [0, 0.05) is 25.9 Å². The van der Waals surface area contributed by atoms with Crippen LogP contribution in [0.5, 0.6) is 0 Å². The monoisotopic (exact) mass is 319 g/mol. The highest BCUT2D eigenvalue weighted by atomic mass is 19.4. The van der Waals surface area contributed by atoms with Crippen LogP contribution < -0.4 is 10.6 Å². The predicted octanol–water partition coefficient (Wildman–Crippen LogP) is 1.13. The lowest BCUT2D eigenvalue weighted by Crippen LogP contribution is -2.72. The number of nitrogens with one attached hydrogen (secondary N) is 2. The number of amides is 1. The molecule has 0 fully saturated rings.